The van der Waals surface area contributed by atoms with Crippen LogP contribution in [0.25, 0.3) is 0 Å². The van der Waals surface area contributed by atoms with Crippen molar-refractivity contribution in [3.8, 4) is 0 Å². The number of hydrogen-bond acceptors (Lipinski definition) is 5. The van der Waals surface area contributed by atoms with E-state index in [1.165, 1.54) is 18.2 Å². The molecule has 0 aliphatic heterocycles. The predicted molar refractivity (Wildman–Crippen MR) is 120 cm³/mol. The molecule has 0 aliphatic rings. The first-order valence-electron chi connectivity index (χ1n) is 8.13. The van der Waals surface area contributed by atoms with Crippen molar-refractivity contribution in [1.29, 1.82) is 0 Å². The van der Waals surface area contributed by atoms with E-state index in [4.69, 9.17) is 23.8 Å². The van der Waals surface area contributed by atoms with E-state index in [1.54, 1.807) is 47.8 Å². The van der Waals surface area contributed by atoms with Crippen LogP contribution in [-0.2, 0) is 10.0 Å². The Kier molecular flexibility index (Phi) is 6.70. The van der Waals surface area contributed by atoms with Gasteiger partial charge in [0.1, 0.15) is 4.21 Å². The summed E-state index contributed by atoms with van der Waals surface area (Å²) in [7, 11) is -3.78. The van der Waals surface area contributed by atoms with Crippen molar-refractivity contribution < 1.29 is 13.2 Å². The SMILES string of the molecule is O=C(NNC(=S)Nc1cccc(Cl)c1)c1ccccc1NS(=O)(=O)c1cccs1. The first kappa shape index (κ1) is 21.1. The van der Waals surface area contributed by atoms with Crippen molar-refractivity contribution in [1.82, 2.24) is 10.9 Å². The number of amides is 1. The van der Waals surface area contributed by atoms with E-state index in [0.29, 0.717) is 10.7 Å². The molecule has 29 heavy (non-hydrogen) atoms. The van der Waals surface area contributed by atoms with Gasteiger partial charge < -0.3 is 5.32 Å². The van der Waals surface area contributed by atoms with Crippen LogP contribution in [0.5, 0.6) is 0 Å². The highest BCUT2D eigenvalue weighted by molar-refractivity contribution is 7.94. The third kappa shape index (κ3) is 5.67. The number of nitrogens with one attached hydrogen (secondary N) is 4. The van der Waals surface area contributed by atoms with Crippen molar-refractivity contribution in [3.05, 3.63) is 76.6 Å². The number of halogens is 1. The molecule has 0 radical (unpaired) electrons. The van der Waals surface area contributed by atoms with E-state index in [0.717, 1.165) is 11.3 Å². The summed E-state index contributed by atoms with van der Waals surface area (Å²) in [6.07, 6.45) is 0. The molecule has 0 saturated heterocycles. The lowest BCUT2D eigenvalue weighted by molar-refractivity contribution is 0.0945. The van der Waals surface area contributed by atoms with Gasteiger partial charge in [0, 0.05) is 10.7 Å². The lowest BCUT2D eigenvalue weighted by atomic mass is 10.2. The fourth-order valence-corrected chi connectivity index (χ4v) is 4.72. The van der Waals surface area contributed by atoms with Crippen LogP contribution in [0.3, 0.4) is 0 Å². The molecule has 7 nitrogen and oxygen atoms in total. The number of hydrazine groups is 1. The zero-order chi connectivity index (χ0) is 20.9. The topological polar surface area (TPSA) is 99.3 Å². The number of benzene rings is 2. The first-order chi connectivity index (χ1) is 13.8. The van der Waals surface area contributed by atoms with Gasteiger partial charge in [-0.2, -0.15) is 0 Å². The van der Waals surface area contributed by atoms with Gasteiger partial charge in [0.15, 0.2) is 5.11 Å². The fraction of sp³-hybridized carbons (Fsp3) is 0. The van der Waals surface area contributed by atoms with Gasteiger partial charge in [0.25, 0.3) is 15.9 Å². The second kappa shape index (κ2) is 9.23. The van der Waals surface area contributed by atoms with E-state index in [2.05, 4.69) is 20.9 Å². The molecule has 0 atom stereocenters. The molecule has 0 spiro atoms. The lowest BCUT2D eigenvalue weighted by Gasteiger charge is -2.14. The van der Waals surface area contributed by atoms with E-state index >= 15 is 0 Å². The zero-order valence-corrected chi connectivity index (χ0v) is 17.9. The number of thiocarbonyl (C=S) groups is 1. The summed E-state index contributed by atoms with van der Waals surface area (Å²) in [6.45, 7) is 0. The molecule has 0 saturated carbocycles. The zero-order valence-electron chi connectivity index (χ0n) is 14.7. The van der Waals surface area contributed by atoms with Crippen LogP contribution in [0.15, 0.2) is 70.3 Å². The number of anilines is 2. The number of carbonyl (C=O) groups excluding carboxylic acids is 1. The standard InChI is InChI=1S/C18H15ClN4O3S3/c19-12-5-3-6-13(11-12)20-18(27)22-21-17(24)14-7-1-2-8-15(14)23-29(25,26)16-9-4-10-28-16/h1-11,23H,(H,21,24)(H2,20,22,27). The number of hydrogen-bond donors (Lipinski definition) is 4. The van der Waals surface area contributed by atoms with Gasteiger partial charge in [0.2, 0.25) is 0 Å². The van der Waals surface area contributed by atoms with Crippen molar-refractivity contribution in [2.75, 3.05) is 10.0 Å². The lowest BCUT2D eigenvalue weighted by Crippen LogP contribution is -2.44. The Labute approximate surface area is 182 Å². The molecule has 3 aromatic rings. The quantitative estimate of drug-likeness (QED) is 0.337. The minimum Gasteiger partial charge on any atom is -0.331 e. The minimum absolute atomic E-state index is 0.130. The Morgan fingerprint density at radius 2 is 1.79 bits per heavy atom. The van der Waals surface area contributed by atoms with Gasteiger partial charge in [-0.25, -0.2) is 8.42 Å². The second-order valence-electron chi connectivity index (χ2n) is 5.63. The van der Waals surface area contributed by atoms with E-state index in [1.807, 2.05) is 0 Å². The van der Waals surface area contributed by atoms with Crippen LogP contribution in [0.4, 0.5) is 11.4 Å². The molecule has 0 aliphatic carbocycles. The molecule has 11 heteroatoms. The van der Waals surface area contributed by atoms with Gasteiger partial charge in [-0.05, 0) is 54.0 Å². The molecule has 0 unspecified atom stereocenters. The predicted octanol–water partition coefficient (Wildman–Crippen LogP) is 3.83. The van der Waals surface area contributed by atoms with Gasteiger partial charge in [-0.15, -0.1) is 11.3 Å². The van der Waals surface area contributed by atoms with Gasteiger partial charge in [-0.3, -0.25) is 20.4 Å². The van der Waals surface area contributed by atoms with Gasteiger partial charge >= 0.3 is 0 Å². The maximum atomic E-state index is 12.5. The highest BCUT2D eigenvalue weighted by atomic mass is 35.5. The summed E-state index contributed by atoms with van der Waals surface area (Å²) in [5, 5.41) is 5.20. The highest BCUT2D eigenvalue weighted by Gasteiger charge is 2.19. The number of sulfonamides is 1. The second-order valence-corrected chi connectivity index (χ2v) is 9.33. The van der Waals surface area contributed by atoms with Crippen LogP contribution in [-0.4, -0.2) is 19.4 Å². The van der Waals surface area contributed by atoms with Crippen LogP contribution < -0.4 is 20.9 Å². The van der Waals surface area contributed by atoms with Crippen LogP contribution >= 0.6 is 35.2 Å². The number of rotatable bonds is 5. The Bertz CT molecular complexity index is 1130. The molecule has 0 bridgehead atoms. The first-order valence-corrected chi connectivity index (χ1v) is 11.3. The van der Waals surface area contributed by atoms with Crippen molar-refractivity contribution >= 4 is 67.6 Å². The fourth-order valence-electron chi connectivity index (χ4n) is 2.29. The maximum Gasteiger partial charge on any atom is 0.271 e. The molecule has 150 valence electrons. The van der Waals surface area contributed by atoms with Crippen molar-refractivity contribution in [3.63, 3.8) is 0 Å². The van der Waals surface area contributed by atoms with Crippen LogP contribution in [0, 0.1) is 0 Å². The maximum absolute atomic E-state index is 12.5. The molecule has 2 aromatic carbocycles. The molecular formula is C18H15ClN4O3S3. The molecule has 1 aromatic heterocycles. The summed E-state index contributed by atoms with van der Waals surface area (Å²) in [5.41, 5.74) is 5.93. The molecular weight excluding hydrogens is 452 g/mol. The Hall–Kier alpha value is -2.66. The average Bonchev–Trinajstić information content (AvgIpc) is 3.22. The van der Waals surface area contributed by atoms with Crippen molar-refractivity contribution in [2.45, 2.75) is 4.21 Å². The van der Waals surface area contributed by atoms with Crippen molar-refractivity contribution in [2.24, 2.45) is 0 Å². The minimum atomic E-state index is -3.78. The summed E-state index contributed by atoms with van der Waals surface area (Å²) < 4.78 is 27.5. The summed E-state index contributed by atoms with van der Waals surface area (Å²) in [4.78, 5) is 12.5. The van der Waals surface area contributed by atoms with E-state index in [9.17, 15) is 13.2 Å². The number of thiophene rings is 1. The van der Waals surface area contributed by atoms with Crippen LogP contribution in [0.2, 0.25) is 5.02 Å². The highest BCUT2D eigenvalue weighted by Crippen LogP contribution is 2.22. The normalized spacial score (nSPS) is 10.8. The van der Waals surface area contributed by atoms with E-state index < -0.39 is 15.9 Å². The Morgan fingerprint density at radius 3 is 2.52 bits per heavy atom. The molecule has 1 heterocycles. The van der Waals surface area contributed by atoms with Gasteiger partial charge in [-0.1, -0.05) is 35.9 Å². The monoisotopic (exact) mass is 466 g/mol. The number of para-hydroxylation sites is 1. The number of carbonyl (C=O) groups is 1. The largest absolute Gasteiger partial charge is 0.331 e. The summed E-state index contributed by atoms with van der Waals surface area (Å²) in [6, 6.07) is 16.3. The molecule has 3 rings (SSSR count). The molecule has 1 amide bonds. The van der Waals surface area contributed by atoms with Crippen LogP contribution in [0.1, 0.15) is 10.4 Å². The summed E-state index contributed by atoms with van der Waals surface area (Å²) >= 11 is 12.1. The molecule has 0 fully saturated rings. The van der Waals surface area contributed by atoms with E-state index in [-0.39, 0.29) is 20.6 Å². The summed E-state index contributed by atoms with van der Waals surface area (Å²) in [5.74, 6) is -0.565. The van der Waals surface area contributed by atoms with Gasteiger partial charge in [0.05, 0.1) is 11.3 Å². The third-order valence-corrected chi connectivity index (χ3v) is 6.75. The Balaban J connectivity index is 1.66. The Morgan fingerprint density at radius 1 is 1.00 bits per heavy atom. The average molecular weight is 467 g/mol. The molecule has 4 N–H and O–H groups in total. The third-order valence-electron chi connectivity index (χ3n) is 3.55. The smallest absolute Gasteiger partial charge is 0.271 e.